The second kappa shape index (κ2) is 8.23. The Morgan fingerprint density at radius 3 is 2.44 bits per heavy atom. The van der Waals surface area contributed by atoms with Gasteiger partial charge in [0.15, 0.2) is 0 Å². The zero-order valence-electron chi connectivity index (χ0n) is 18.9. The minimum Gasteiger partial charge on any atom is -0.463 e. The third-order valence-electron chi connectivity index (χ3n) is 6.59. The van der Waals surface area contributed by atoms with Crippen LogP contribution in [-0.4, -0.2) is 24.8 Å². The van der Waals surface area contributed by atoms with E-state index in [0.717, 1.165) is 34.5 Å². The number of anilines is 1. The fourth-order valence-electron chi connectivity index (χ4n) is 4.81. The van der Waals surface area contributed by atoms with Crippen molar-refractivity contribution >= 4 is 45.4 Å². The maximum atomic E-state index is 6.60. The summed E-state index contributed by atoms with van der Waals surface area (Å²) in [6.07, 6.45) is 0.364. The van der Waals surface area contributed by atoms with Crippen molar-refractivity contribution in [3.05, 3.63) is 106 Å². The molecule has 170 valence electrons. The Kier molecular flexibility index (Phi) is 5.16. The highest BCUT2D eigenvalue weighted by Gasteiger charge is 2.42. The molecule has 0 aliphatic carbocycles. The van der Waals surface area contributed by atoms with E-state index in [0.29, 0.717) is 15.8 Å². The molecule has 0 fully saturated rings. The van der Waals surface area contributed by atoms with E-state index < -0.39 is 0 Å². The summed E-state index contributed by atoms with van der Waals surface area (Å²) in [7, 11) is 4.06. The molecule has 0 N–H and O–H groups in total. The summed E-state index contributed by atoms with van der Waals surface area (Å²) >= 11 is 13.0. The van der Waals surface area contributed by atoms with Gasteiger partial charge in [-0.1, -0.05) is 71.7 Å². The van der Waals surface area contributed by atoms with E-state index in [1.165, 1.54) is 10.8 Å². The van der Waals surface area contributed by atoms with Gasteiger partial charge in [0.05, 0.1) is 16.8 Å². The van der Waals surface area contributed by atoms with Crippen molar-refractivity contribution < 1.29 is 4.74 Å². The normalized spacial score (nSPS) is 18.8. The van der Waals surface area contributed by atoms with Crippen LogP contribution in [0.15, 0.2) is 84.0 Å². The van der Waals surface area contributed by atoms with Crippen LogP contribution in [0.4, 0.5) is 5.69 Å². The van der Waals surface area contributed by atoms with Crippen LogP contribution in [0, 0.1) is 0 Å². The van der Waals surface area contributed by atoms with Gasteiger partial charge in [0.2, 0.25) is 6.23 Å². The number of fused-ring (bicyclic) bond motifs is 4. The minimum absolute atomic E-state index is 0.0139. The maximum absolute atomic E-state index is 6.60. The summed E-state index contributed by atoms with van der Waals surface area (Å²) in [5.41, 5.74) is 5.26. The molecule has 4 nitrogen and oxygen atoms in total. The van der Waals surface area contributed by atoms with Gasteiger partial charge in [0.1, 0.15) is 5.75 Å². The lowest BCUT2D eigenvalue weighted by molar-refractivity contribution is -0.0189. The summed E-state index contributed by atoms with van der Waals surface area (Å²) in [6.45, 7) is 0. The molecule has 34 heavy (non-hydrogen) atoms. The summed E-state index contributed by atoms with van der Waals surface area (Å²) in [5, 5.41) is 10.7. The monoisotopic (exact) mass is 487 g/mol. The predicted octanol–water partition coefficient (Wildman–Crippen LogP) is 7.45. The van der Waals surface area contributed by atoms with Gasteiger partial charge in [-0.15, -0.1) is 0 Å². The number of hydrogen-bond acceptors (Lipinski definition) is 4. The first kappa shape index (κ1) is 21.3. The molecule has 0 saturated carbocycles. The molecule has 4 aromatic carbocycles. The van der Waals surface area contributed by atoms with E-state index in [2.05, 4.69) is 76.6 Å². The number of rotatable bonds is 3. The summed E-state index contributed by atoms with van der Waals surface area (Å²) < 4.78 is 6.49. The Morgan fingerprint density at radius 2 is 1.68 bits per heavy atom. The van der Waals surface area contributed by atoms with Crippen LogP contribution in [-0.2, 0) is 0 Å². The second-order valence-electron chi connectivity index (χ2n) is 8.97. The molecule has 6 rings (SSSR count). The Hall–Kier alpha value is -3.21. The second-order valence-corrected chi connectivity index (χ2v) is 9.81. The molecule has 6 heteroatoms. The van der Waals surface area contributed by atoms with Crippen molar-refractivity contribution in [2.24, 2.45) is 5.10 Å². The van der Waals surface area contributed by atoms with Gasteiger partial charge in [-0.2, -0.15) is 5.10 Å². The molecule has 2 aliphatic heterocycles. The predicted molar refractivity (Wildman–Crippen MR) is 140 cm³/mol. The molecule has 4 aromatic rings. The first-order chi connectivity index (χ1) is 16.5. The van der Waals surface area contributed by atoms with E-state index in [4.69, 9.17) is 33.0 Å². The molecule has 2 aliphatic rings. The van der Waals surface area contributed by atoms with Gasteiger partial charge in [-0.25, -0.2) is 5.01 Å². The molecule has 0 amide bonds. The molecule has 2 heterocycles. The van der Waals surface area contributed by atoms with Gasteiger partial charge in [0, 0.05) is 42.4 Å². The van der Waals surface area contributed by atoms with Crippen molar-refractivity contribution in [1.82, 2.24) is 5.01 Å². The topological polar surface area (TPSA) is 28.1 Å². The summed E-state index contributed by atoms with van der Waals surface area (Å²) in [4.78, 5) is 2.08. The van der Waals surface area contributed by atoms with E-state index in [9.17, 15) is 0 Å². The molecular formula is C28H23Cl2N3O. The highest BCUT2D eigenvalue weighted by Crippen LogP contribution is 2.51. The Bertz CT molecular complexity index is 1430. The number of hydrogen-bond donors (Lipinski definition) is 0. The molecule has 0 unspecified atom stereocenters. The number of halogens is 2. The van der Waals surface area contributed by atoms with Crippen molar-refractivity contribution in [3.63, 3.8) is 0 Å². The number of nitrogens with zero attached hydrogens (tertiary/aromatic N) is 3. The Balaban J connectivity index is 1.45. The summed E-state index contributed by atoms with van der Waals surface area (Å²) in [6, 6.07) is 26.9. The largest absolute Gasteiger partial charge is 0.463 e. The Labute approximate surface area is 209 Å². The van der Waals surface area contributed by atoms with E-state index in [-0.39, 0.29) is 12.3 Å². The summed E-state index contributed by atoms with van der Waals surface area (Å²) in [5.74, 6) is 0.684. The van der Waals surface area contributed by atoms with Crippen molar-refractivity contribution in [1.29, 1.82) is 0 Å². The smallest absolute Gasteiger partial charge is 0.213 e. The molecule has 2 atom stereocenters. The van der Waals surface area contributed by atoms with Gasteiger partial charge < -0.3 is 9.64 Å². The van der Waals surface area contributed by atoms with Crippen molar-refractivity contribution in [2.45, 2.75) is 18.7 Å². The maximum Gasteiger partial charge on any atom is 0.213 e. The molecule has 0 aromatic heterocycles. The third-order valence-corrected chi connectivity index (χ3v) is 7.08. The molecule has 0 spiro atoms. The standard InChI is InChI=1S/C28H23Cl2N3O/c1-32(2)22-11-9-18(10-12-22)28-33-26(23-14-21(29)15-24(30)27(23)34-28)16-25(31-33)20-8-7-17-5-3-4-6-19(17)13-20/h3-15,26,28H,16H2,1-2H3/t26-,28-/m0/s1. The first-order valence-electron chi connectivity index (χ1n) is 11.3. The fraction of sp³-hybridized carbons (Fsp3) is 0.179. The molecule has 0 bridgehead atoms. The lowest BCUT2D eigenvalue weighted by atomic mass is 9.95. The van der Waals surface area contributed by atoms with Crippen LogP contribution in [0.25, 0.3) is 10.8 Å². The van der Waals surface area contributed by atoms with Crippen LogP contribution in [0.5, 0.6) is 5.75 Å². The quantitative estimate of drug-likeness (QED) is 0.300. The average Bonchev–Trinajstić information content (AvgIpc) is 3.29. The highest BCUT2D eigenvalue weighted by atomic mass is 35.5. The van der Waals surface area contributed by atoms with Crippen LogP contribution in [0.2, 0.25) is 10.0 Å². The SMILES string of the molecule is CN(C)c1ccc([C@@H]2Oc3c(Cl)cc(Cl)cc3[C@@H]3CC(c4ccc5ccccc5c4)=NN32)cc1. The van der Waals surface area contributed by atoms with Gasteiger partial charge in [-0.05, 0) is 46.7 Å². The van der Waals surface area contributed by atoms with Gasteiger partial charge in [0.25, 0.3) is 0 Å². The van der Waals surface area contributed by atoms with E-state index in [1.54, 1.807) is 6.07 Å². The minimum atomic E-state index is -0.384. The molecule has 0 saturated heterocycles. The van der Waals surface area contributed by atoms with Crippen LogP contribution >= 0.6 is 23.2 Å². The average molecular weight is 488 g/mol. The number of ether oxygens (including phenoxy) is 1. The third kappa shape index (κ3) is 3.58. The van der Waals surface area contributed by atoms with Crippen LogP contribution < -0.4 is 9.64 Å². The highest BCUT2D eigenvalue weighted by molar-refractivity contribution is 6.35. The van der Waals surface area contributed by atoms with Crippen LogP contribution in [0.1, 0.15) is 35.4 Å². The zero-order chi connectivity index (χ0) is 23.4. The van der Waals surface area contributed by atoms with Gasteiger partial charge >= 0.3 is 0 Å². The van der Waals surface area contributed by atoms with Gasteiger partial charge in [-0.3, -0.25) is 0 Å². The van der Waals surface area contributed by atoms with Crippen molar-refractivity contribution in [2.75, 3.05) is 19.0 Å². The van der Waals surface area contributed by atoms with E-state index >= 15 is 0 Å². The van der Waals surface area contributed by atoms with Crippen molar-refractivity contribution in [3.8, 4) is 5.75 Å². The number of hydrazone groups is 1. The molecule has 0 radical (unpaired) electrons. The zero-order valence-corrected chi connectivity index (χ0v) is 20.4. The van der Waals surface area contributed by atoms with E-state index in [1.807, 2.05) is 20.2 Å². The first-order valence-corrected chi connectivity index (χ1v) is 12.0. The Morgan fingerprint density at radius 1 is 0.912 bits per heavy atom. The number of benzene rings is 4. The van der Waals surface area contributed by atoms with Crippen LogP contribution in [0.3, 0.4) is 0 Å². The lowest BCUT2D eigenvalue weighted by Gasteiger charge is -2.38. The lowest BCUT2D eigenvalue weighted by Crippen LogP contribution is -2.33. The molecular weight excluding hydrogens is 465 g/mol. The fourth-order valence-corrected chi connectivity index (χ4v) is 5.37.